The molecule has 1 aromatic heterocycles. The van der Waals surface area contributed by atoms with Gasteiger partial charge < -0.3 is 18.9 Å². The average Bonchev–Trinajstić information content (AvgIpc) is 3.17. The molecule has 0 aliphatic carbocycles. The number of nitrogens with zero attached hydrogens (tertiary/aromatic N) is 2. The molecule has 3 aromatic rings. The van der Waals surface area contributed by atoms with Gasteiger partial charge >= 0.3 is 11.9 Å². The van der Waals surface area contributed by atoms with Crippen LogP contribution in [0.15, 0.2) is 63.5 Å². The van der Waals surface area contributed by atoms with E-state index in [2.05, 4.69) is 4.99 Å². The molecule has 0 bridgehead atoms. The molecule has 10 heteroatoms. The molecule has 0 spiro atoms. The van der Waals surface area contributed by atoms with Gasteiger partial charge in [-0.3, -0.25) is 14.2 Å². The highest BCUT2D eigenvalue weighted by molar-refractivity contribution is 7.07. The lowest BCUT2D eigenvalue weighted by Crippen LogP contribution is -2.40. The molecule has 0 saturated carbocycles. The average molecular weight is 523 g/mol. The molecular weight excluding hydrogens is 496 g/mol. The number of esters is 2. The first-order valence-electron chi connectivity index (χ1n) is 11.5. The van der Waals surface area contributed by atoms with Gasteiger partial charge in [-0.2, -0.15) is 0 Å². The smallest absolute Gasteiger partial charge is 0.338 e. The number of thiazole rings is 1. The van der Waals surface area contributed by atoms with Gasteiger partial charge in [-0.05, 0) is 43.7 Å². The Bertz CT molecular complexity index is 1580. The fourth-order valence-corrected chi connectivity index (χ4v) is 5.16. The molecule has 37 heavy (non-hydrogen) atoms. The molecule has 0 fully saturated rings. The molecule has 0 radical (unpaired) electrons. The van der Waals surface area contributed by atoms with Crippen molar-refractivity contribution in [1.82, 2.24) is 4.57 Å². The van der Waals surface area contributed by atoms with Gasteiger partial charge in [0.15, 0.2) is 16.3 Å². The Morgan fingerprint density at radius 1 is 1.08 bits per heavy atom. The number of para-hydroxylation sites is 1. The number of hydrogen-bond donors (Lipinski definition) is 0. The topological polar surface area (TPSA) is 105 Å². The summed E-state index contributed by atoms with van der Waals surface area (Å²) in [7, 11) is 3.05. The Kier molecular flexibility index (Phi) is 7.58. The third-order valence-electron chi connectivity index (χ3n) is 5.70. The first-order chi connectivity index (χ1) is 17.8. The Morgan fingerprint density at radius 2 is 1.81 bits per heavy atom. The summed E-state index contributed by atoms with van der Waals surface area (Å²) in [4.78, 5) is 43.4. The van der Waals surface area contributed by atoms with E-state index in [1.807, 2.05) is 0 Å². The van der Waals surface area contributed by atoms with E-state index in [0.29, 0.717) is 43.4 Å². The predicted octanol–water partition coefficient (Wildman–Crippen LogP) is 2.74. The maximum Gasteiger partial charge on any atom is 0.338 e. The van der Waals surface area contributed by atoms with E-state index < -0.39 is 18.0 Å². The van der Waals surface area contributed by atoms with Crippen molar-refractivity contribution in [3.8, 4) is 17.2 Å². The maximum atomic E-state index is 13.8. The molecule has 0 N–H and O–H groups in total. The molecule has 4 rings (SSSR count). The summed E-state index contributed by atoms with van der Waals surface area (Å²) in [5.74, 6) is 0.276. The van der Waals surface area contributed by atoms with E-state index in [0.717, 1.165) is 0 Å². The minimum atomic E-state index is -0.805. The SMILES string of the molecule is CCOC(=O)C1=C(C)N=c2sc(=Cc3ccccc3OC(C)=O)c(=O)n2C1c1ccc(OC)c(OC)c1. The Hall–Kier alpha value is -4.18. The summed E-state index contributed by atoms with van der Waals surface area (Å²) >= 11 is 1.18. The third kappa shape index (κ3) is 5.05. The second-order valence-electron chi connectivity index (χ2n) is 8.05. The van der Waals surface area contributed by atoms with Crippen LogP contribution in [0.1, 0.15) is 37.9 Å². The number of methoxy groups -OCH3 is 2. The number of fused-ring (bicyclic) bond motifs is 1. The molecule has 2 aromatic carbocycles. The van der Waals surface area contributed by atoms with Crippen molar-refractivity contribution >= 4 is 29.4 Å². The largest absolute Gasteiger partial charge is 0.493 e. The van der Waals surface area contributed by atoms with Crippen LogP contribution < -0.4 is 29.1 Å². The molecule has 1 unspecified atom stereocenters. The molecule has 192 valence electrons. The minimum Gasteiger partial charge on any atom is -0.493 e. The van der Waals surface area contributed by atoms with E-state index in [4.69, 9.17) is 18.9 Å². The standard InChI is InChI=1S/C27H26N2O7S/c1-6-35-26(32)23-15(2)28-27-29(24(23)18-11-12-20(33-4)21(13-18)34-5)25(31)22(37-27)14-17-9-7-8-10-19(17)36-16(3)30/h7-14,24H,6H2,1-5H3. The van der Waals surface area contributed by atoms with Gasteiger partial charge in [0.2, 0.25) is 0 Å². The van der Waals surface area contributed by atoms with Crippen LogP contribution >= 0.6 is 11.3 Å². The Labute approximate surface area is 216 Å². The van der Waals surface area contributed by atoms with Gasteiger partial charge in [0.25, 0.3) is 5.56 Å². The number of carbonyl (C=O) groups excluding carboxylic acids is 2. The van der Waals surface area contributed by atoms with Crippen LogP contribution in [0.2, 0.25) is 0 Å². The molecule has 1 aliphatic heterocycles. The first-order valence-corrected chi connectivity index (χ1v) is 12.3. The monoisotopic (exact) mass is 522 g/mol. The second kappa shape index (κ2) is 10.8. The Morgan fingerprint density at radius 3 is 2.49 bits per heavy atom. The first kappa shape index (κ1) is 25.9. The van der Waals surface area contributed by atoms with E-state index in [1.165, 1.54) is 37.0 Å². The maximum absolute atomic E-state index is 13.8. The number of rotatable bonds is 7. The summed E-state index contributed by atoms with van der Waals surface area (Å²) in [5.41, 5.74) is 1.55. The number of ether oxygens (including phenoxy) is 4. The van der Waals surface area contributed by atoms with Crippen molar-refractivity contribution in [2.45, 2.75) is 26.8 Å². The van der Waals surface area contributed by atoms with Crippen molar-refractivity contribution < 1.29 is 28.5 Å². The lowest BCUT2D eigenvalue weighted by molar-refractivity contribution is -0.139. The lowest BCUT2D eigenvalue weighted by atomic mass is 9.95. The van der Waals surface area contributed by atoms with Gasteiger partial charge in [-0.1, -0.05) is 35.6 Å². The zero-order valence-corrected chi connectivity index (χ0v) is 21.9. The van der Waals surface area contributed by atoms with Crippen LogP contribution in [-0.2, 0) is 14.3 Å². The zero-order chi connectivity index (χ0) is 26.7. The van der Waals surface area contributed by atoms with E-state index in [-0.39, 0.29) is 17.7 Å². The van der Waals surface area contributed by atoms with Crippen molar-refractivity contribution in [2.75, 3.05) is 20.8 Å². The fraction of sp³-hybridized carbons (Fsp3) is 0.259. The number of allylic oxidation sites excluding steroid dienone is 1. The molecule has 9 nitrogen and oxygen atoms in total. The van der Waals surface area contributed by atoms with Crippen LogP contribution in [0.4, 0.5) is 0 Å². The summed E-state index contributed by atoms with van der Waals surface area (Å²) < 4.78 is 23.3. The molecule has 2 heterocycles. The van der Waals surface area contributed by atoms with Gasteiger partial charge in [0.05, 0.1) is 42.7 Å². The third-order valence-corrected chi connectivity index (χ3v) is 6.68. The van der Waals surface area contributed by atoms with Gasteiger partial charge in [-0.25, -0.2) is 9.79 Å². The molecule has 0 saturated heterocycles. The molecule has 1 atom stereocenters. The van der Waals surface area contributed by atoms with Gasteiger partial charge in [-0.15, -0.1) is 0 Å². The van der Waals surface area contributed by atoms with Gasteiger partial charge in [0.1, 0.15) is 5.75 Å². The normalized spacial score (nSPS) is 15.1. The fourth-order valence-electron chi connectivity index (χ4n) is 4.12. The van der Waals surface area contributed by atoms with E-state index in [9.17, 15) is 14.4 Å². The number of benzene rings is 2. The molecule has 0 amide bonds. The summed E-state index contributed by atoms with van der Waals surface area (Å²) in [6.45, 7) is 4.92. The highest BCUT2D eigenvalue weighted by atomic mass is 32.1. The summed E-state index contributed by atoms with van der Waals surface area (Å²) in [6, 6.07) is 11.3. The second-order valence-corrected chi connectivity index (χ2v) is 9.06. The van der Waals surface area contributed by atoms with E-state index >= 15 is 0 Å². The Balaban J connectivity index is 1.96. The number of carbonyl (C=O) groups is 2. The van der Waals surface area contributed by atoms with Gasteiger partial charge in [0, 0.05) is 12.5 Å². The number of aromatic nitrogens is 1. The van der Waals surface area contributed by atoms with Crippen molar-refractivity contribution in [3.63, 3.8) is 0 Å². The van der Waals surface area contributed by atoms with Crippen LogP contribution in [0, 0.1) is 0 Å². The predicted molar refractivity (Wildman–Crippen MR) is 138 cm³/mol. The quantitative estimate of drug-likeness (QED) is 0.347. The summed E-state index contributed by atoms with van der Waals surface area (Å²) in [5, 5.41) is 0. The molecule has 1 aliphatic rings. The van der Waals surface area contributed by atoms with Crippen LogP contribution in [0.3, 0.4) is 0 Å². The van der Waals surface area contributed by atoms with Crippen molar-refractivity contribution in [2.24, 2.45) is 4.99 Å². The minimum absolute atomic E-state index is 0.172. The van der Waals surface area contributed by atoms with E-state index in [1.54, 1.807) is 62.4 Å². The van der Waals surface area contributed by atoms with Crippen LogP contribution in [0.25, 0.3) is 6.08 Å². The summed E-state index contributed by atoms with van der Waals surface area (Å²) in [6.07, 6.45) is 1.65. The van der Waals surface area contributed by atoms with Crippen molar-refractivity contribution in [1.29, 1.82) is 0 Å². The van der Waals surface area contributed by atoms with Crippen LogP contribution in [0.5, 0.6) is 17.2 Å². The molecular formula is C27H26N2O7S. The van der Waals surface area contributed by atoms with Crippen LogP contribution in [-0.4, -0.2) is 37.3 Å². The number of hydrogen-bond acceptors (Lipinski definition) is 9. The lowest BCUT2D eigenvalue weighted by Gasteiger charge is -2.25. The highest BCUT2D eigenvalue weighted by Gasteiger charge is 2.34. The highest BCUT2D eigenvalue weighted by Crippen LogP contribution is 2.36. The van der Waals surface area contributed by atoms with Crippen molar-refractivity contribution in [3.05, 3.63) is 84.5 Å². The zero-order valence-electron chi connectivity index (χ0n) is 21.1.